The van der Waals surface area contributed by atoms with E-state index in [-0.39, 0.29) is 12.0 Å². The molecule has 0 aromatic carbocycles. The van der Waals surface area contributed by atoms with Gasteiger partial charge in [0.25, 0.3) is 0 Å². The van der Waals surface area contributed by atoms with E-state index in [9.17, 15) is 4.79 Å². The number of carbonyl (C=O) groups excluding carboxylic acids is 1. The minimum absolute atomic E-state index is 0.224. The van der Waals surface area contributed by atoms with Gasteiger partial charge in [0.1, 0.15) is 17.3 Å². The number of thiophene rings is 1. The molecule has 0 radical (unpaired) electrons. The summed E-state index contributed by atoms with van der Waals surface area (Å²) in [7, 11) is 0. The third-order valence-corrected chi connectivity index (χ3v) is 6.44. The van der Waals surface area contributed by atoms with Crippen LogP contribution in [0.5, 0.6) is 5.88 Å². The Morgan fingerprint density at radius 3 is 2.88 bits per heavy atom. The minimum Gasteiger partial charge on any atom is -0.474 e. The van der Waals surface area contributed by atoms with E-state index in [0.29, 0.717) is 12.3 Å². The van der Waals surface area contributed by atoms with Crippen LogP contribution in [0.1, 0.15) is 67.7 Å². The van der Waals surface area contributed by atoms with Crippen molar-refractivity contribution >= 4 is 27.5 Å². The highest BCUT2D eigenvalue weighted by atomic mass is 32.1. The molecule has 2 aromatic heterocycles. The van der Waals surface area contributed by atoms with E-state index in [1.165, 1.54) is 29.7 Å². The highest BCUT2D eigenvalue weighted by Gasteiger charge is 2.30. The Morgan fingerprint density at radius 1 is 1.25 bits per heavy atom. The normalized spacial score (nSPS) is 21.1. The number of rotatable bonds is 5. The number of fused-ring (bicyclic) bond motifs is 3. The van der Waals surface area contributed by atoms with E-state index in [2.05, 4.69) is 9.97 Å². The SMILES string of the molecule is NC(=O)CCC1CCc2sc3ncnc(OC4CCCCC4)c3c21. The van der Waals surface area contributed by atoms with E-state index in [4.69, 9.17) is 10.5 Å². The van der Waals surface area contributed by atoms with Crippen molar-refractivity contribution in [1.29, 1.82) is 0 Å². The molecule has 2 aromatic rings. The minimum atomic E-state index is -0.224. The average molecular weight is 345 g/mol. The standard InChI is InChI=1S/C18H23N3O2S/c19-14(22)9-7-11-6-8-13-15(11)16-17(20-10-21-18(16)24-13)23-12-4-2-1-3-5-12/h10-12H,1-9H2,(H2,19,22). The summed E-state index contributed by atoms with van der Waals surface area (Å²) < 4.78 is 6.29. The topological polar surface area (TPSA) is 78.1 Å². The first-order chi connectivity index (χ1) is 11.7. The lowest BCUT2D eigenvalue weighted by atomic mass is 9.95. The van der Waals surface area contributed by atoms with Gasteiger partial charge in [0.2, 0.25) is 11.8 Å². The number of amides is 1. The summed E-state index contributed by atoms with van der Waals surface area (Å²) in [6, 6.07) is 0. The number of hydrogen-bond acceptors (Lipinski definition) is 5. The fraction of sp³-hybridized carbons (Fsp3) is 0.611. The molecule has 1 atom stereocenters. The number of carbonyl (C=O) groups is 1. The van der Waals surface area contributed by atoms with E-state index in [0.717, 1.165) is 48.2 Å². The molecule has 1 saturated carbocycles. The Balaban J connectivity index is 1.66. The van der Waals surface area contributed by atoms with Gasteiger partial charge in [0.15, 0.2) is 0 Å². The van der Waals surface area contributed by atoms with Gasteiger partial charge in [-0.2, -0.15) is 0 Å². The van der Waals surface area contributed by atoms with Crippen LogP contribution in [0.25, 0.3) is 10.2 Å². The lowest BCUT2D eigenvalue weighted by Gasteiger charge is -2.23. The van der Waals surface area contributed by atoms with E-state index in [1.807, 2.05) is 0 Å². The average Bonchev–Trinajstić information content (AvgIpc) is 3.13. The molecular weight excluding hydrogens is 322 g/mol. The Kier molecular flexibility index (Phi) is 4.39. The monoisotopic (exact) mass is 345 g/mol. The molecule has 5 nitrogen and oxygen atoms in total. The van der Waals surface area contributed by atoms with Crippen molar-refractivity contribution in [3.8, 4) is 5.88 Å². The first-order valence-electron chi connectivity index (χ1n) is 8.93. The van der Waals surface area contributed by atoms with Crippen LogP contribution in [0.3, 0.4) is 0 Å². The second-order valence-corrected chi connectivity index (χ2v) is 8.00. The molecule has 0 spiro atoms. The summed E-state index contributed by atoms with van der Waals surface area (Å²) in [6.45, 7) is 0. The Labute approximate surface area is 145 Å². The molecule has 1 unspecified atom stereocenters. The molecule has 1 amide bonds. The number of nitrogens with two attached hydrogens (primary N) is 1. The number of aromatic nitrogens is 2. The summed E-state index contributed by atoms with van der Waals surface area (Å²) in [5.74, 6) is 0.897. The lowest BCUT2D eigenvalue weighted by molar-refractivity contribution is -0.118. The zero-order valence-corrected chi connectivity index (χ0v) is 14.6. The summed E-state index contributed by atoms with van der Waals surface area (Å²) in [5, 5.41) is 1.09. The molecule has 2 aliphatic carbocycles. The largest absolute Gasteiger partial charge is 0.474 e. The maximum Gasteiger partial charge on any atom is 0.225 e. The van der Waals surface area contributed by atoms with Gasteiger partial charge in [-0.3, -0.25) is 4.79 Å². The number of hydrogen-bond donors (Lipinski definition) is 1. The highest BCUT2D eigenvalue weighted by Crippen LogP contribution is 2.47. The molecule has 2 aliphatic rings. The van der Waals surface area contributed by atoms with Gasteiger partial charge in [-0.15, -0.1) is 11.3 Å². The van der Waals surface area contributed by atoms with E-state index < -0.39 is 0 Å². The highest BCUT2D eigenvalue weighted by molar-refractivity contribution is 7.19. The van der Waals surface area contributed by atoms with Crippen LogP contribution < -0.4 is 10.5 Å². The summed E-state index contributed by atoms with van der Waals surface area (Å²) in [4.78, 5) is 22.5. The summed E-state index contributed by atoms with van der Waals surface area (Å²) in [5.41, 5.74) is 6.67. The van der Waals surface area contributed by atoms with Gasteiger partial charge in [-0.05, 0) is 56.4 Å². The van der Waals surface area contributed by atoms with Crippen molar-refractivity contribution < 1.29 is 9.53 Å². The third-order valence-electron chi connectivity index (χ3n) is 5.27. The van der Waals surface area contributed by atoms with Crippen molar-refractivity contribution in [3.05, 3.63) is 16.8 Å². The lowest BCUT2D eigenvalue weighted by Crippen LogP contribution is -2.20. The molecule has 0 saturated heterocycles. The van der Waals surface area contributed by atoms with Crippen molar-refractivity contribution in [1.82, 2.24) is 9.97 Å². The molecular formula is C18H23N3O2S. The van der Waals surface area contributed by atoms with Crippen molar-refractivity contribution in [2.45, 2.75) is 69.8 Å². The summed E-state index contributed by atoms with van der Waals surface area (Å²) >= 11 is 1.75. The molecule has 0 aliphatic heterocycles. The Bertz CT molecular complexity index is 752. The number of ether oxygens (including phenoxy) is 1. The zero-order valence-electron chi connectivity index (χ0n) is 13.8. The molecule has 0 bridgehead atoms. The van der Waals surface area contributed by atoms with Gasteiger partial charge in [-0.25, -0.2) is 9.97 Å². The maximum atomic E-state index is 11.2. The smallest absolute Gasteiger partial charge is 0.225 e. The molecule has 128 valence electrons. The van der Waals surface area contributed by atoms with Gasteiger partial charge < -0.3 is 10.5 Å². The molecule has 24 heavy (non-hydrogen) atoms. The van der Waals surface area contributed by atoms with Crippen molar-refractivity contribution in [3.63, 3.8) is 0 Å². The maximum absolute atomic E-state index is 11.2. The van der Waals surface area contributed by atoms with Crippen LogP contribution in [0, 0.1) is 0 Å². The van der Waals surface area contributed by atoms with Gasteiger partial charge >= 0.3 is 0 Å². The van der Waals surface area contributed by atoms with Crippen LogP contribution >= 0.6 is 11.3 Å². The fourth-order valence-corrected chi connectivity index (χ4v) is 5.31. The van der Waals surface area contributed by atoms with Gasteiger partial charge in [0, 0.05) is 11.3 Å². The second-order valence-electron chi connectivity index (χ2n) is 6.92. The molecule has 6 heteroatoms. The van der Waals surface area contributed by atoms with Gasteiger partial charge in [-0.1, -0.05) is 6.42 Å². The predicted octanol–water partition coefficient (Wildman–Crippen LogP) is 3.70. The first-order valence-corrected chi connectivity index (χ1v) is 9.75. The predicted molar refractivity (Wildman–Crippen MR) is 94.4 cm³/mol. The number of nitrogens with zero attached hydrogens (tertiary/aromatic N) is 2. The fourth-order valence-electron chi connectivity index (χ4n) is 4.08. The Morgan fingerprint density at radius 2 is 2.08 bits per heavy atom. The van der Waals surface area contributed by atoms with Crippen LogP contribution in [0.2, 0.25) is 0 Å². The van der Waals surface area contributed by atoms with Crippen molar-refractivity contribution in [2.24, 2.45) is 5.73 Å². The van der Waals surface area contributed by atoms with Crippen LogP contribution in [-0.4, -0.2) is 22.0 Å². The molecule has 2 heterocycles. The summed E-state index contributed by atoms with van der Waals surface area (Å²) in [6.07, 6.45) is 11.3. The zero-order chi connectivity index (χ0) is 16.5. The Hall–Kier alpha value is -1.69. The van der Waals surface area contributed by atoms with Gasteiger partial charge in [0.05, 0.1) is 5.39 Å². The number of primary amides is 1. The van der Waals surface area contributed by atoms with E-state index in [1.54, 1.807) is 17.7 Å². The third kappa shape index (κ3) is 2.99. The van der Waals surface area contributed by atoms with Crippen LogP contribution in [-0.2, 0) is 11.2 Å². The first kappa shape index (κ1) is 15.8. The van der Waals surface area contributed by atoms with E-state index >= 15 is 0 Å². The van der Waals surface area contributed by atoms with Crippen LogP contribution in [0.15, 0.2) is 6.33 Å². The van der Waals surface area contributed by atoms with Crippen molar-refractivity contribution in [2.75, 3.05) is 0 Å². The second kappa shape index (κ2) is 6.67. The van der Waals surface area contributed by atoms with Crippen LogP contribution in [0.4, 0.5) is 0 Å². The molecule has 1 fully saturated rings. The quantitative estimate of drug-likeness (QED) is 0.896. The molecule has 4 rings (SSSR count). The molecule has 2 N–H and O–H groups in total. The number of aryl methyl sites for hydroxylation is 1.